The summed E-state index contributed by atoms with van der Waals surface area (Å²) in [5.74, 6) is -0.284. The number of imide groups is 1. The lowest BCUT2D eigenvalue weighted by molar-refractivity contribution is -0.920. The summed E-state index contributed by atoms with van der Waals surface area (Å²) in [5, 5.41) is 0.347. The van der Waals surface area contributed by atoms with Crippen molar-refractivity contribution in [3.8, 4) is 5.75 Å². The molecular formula is C18H22ClN2O5+. The fourth-order valence-corrected chi connectivity index (χ4v) is 4.01. The van der Waals surface area contributed by atoms with Crippen LogP contribution in [-0.2, 0) is 19.1 Å². The molecule has 0 aliphatic carbocycles. The van der Waals surface area contributed by atoms with Crippen LogP contribution in [0.5, 0.6) is 5.75 Å². The molecule has 2 fully saturated rings. The number of benzene rings is 1. The predicted octanol–water partition coefficient (Wildman–Crippen LogP) is 0.448. The van der Waals surface area contributed by atoms with E-state index in [9.17, 15) is 14.4 Å². The minimum atomic E-state index is -0.415. The van der Waals surface area contributed by atoms with Gasteiger partial charge < -0.3 is 14.4 Å². The van der Waals surface area contributed by atoms with Gasteiger partial charge in [-0.3, -0.25) is 14.4 Å². The summed E-state index contributed by atoms with van der Waals surface area (Å²) < 4.78 is 9.90. The maximum atomic E-state index is 12.9. The van der Waals surface area contributed by atoms with Gasteiger partial charge in [-0.15, -0.1) is 0 Å². The number of likely N-dealkylation sites (tertiary alicyclic amines) is 1. The van der Waals surface area contributed by atoms with E-state index in [1.807, 2.05) is 0 Å². The Balaban J connectivity index is 1.72. The lowest BCUT2D eigenvalue weighted by Gasteiger charge is -2.30. The van der Waals surface area contributed by atoms with Crippen LogP contribution in [-0.4, -0.2) is 51.1 Å². The molecule has 2 aliphatic heterocycles. The fourth-order valence-electron chi connectivity index (χ4n) is 3.76. The Morgan fingerprint density at radius 3 is 2.50 bits per heavy atom. The number of amides is 2. The number of nitrogens with one attached hydrogen (secondary N) is 1. The molecule has 1 aromatic carbocycles. The number of piperidine rings is 1. The molecule has 0 unspecified atom stereocenters. The van der Waals surface area contributed by atoms with Gasteiger partial charge in [0.2, 0.25) is 5.91 Å². The summed E-state index contributed by atoms with van der Waals surface area (Å²) >= 11 is 6.12. The van der Waals surface area contributed by atoms with Crippen LogP contribution < -0.4 is 14.5 Å². The first-order valence-corrected chi connectivity index (χ1v) is 8.96. The average molecular weight is 382 g/mol. The second kappa shape index (κ2) is 7.63. The van der Waals surface area contributed by atoms with Crippen molar-refractivity contribution in [2.24, 2.45) is 5.92 Å². The Morgan fingerprint density at radius 1 is 1.23 bits per heavy atom. The van der Waals surface area contributed by atoms with Gasteiger partial charge in [-0.05, 0) is 18.2 Å². The predicted molar refractivity (Wildman–Crippen MR) is 94.3 cm³/mol. The molecule has 2 saturated heterocycles. The monoisotopic (exact) mass is 381 g/mol. The Labute approximate surface area is 156 Å². The van der Waals surface area contributed by atoms with Crippen molar-refractivity contribution in [2.75, 3.05) is 32.2 Å². The number of ether oxygens (including phenoxy) is 2. The van der Waals surface area contributed by atoms with Crippen molar-refractivity contribution >= 4 is 35.1 Å². The zero-order chi connectivity index (χ0) is 18.8. The number of hydrogen-bond donors (Lipinski definition) is 1. The van der Waals surface area contributed by atoms with Gasteiger partial charge in [0, 0.05) is 12.8 Å². The van der Waals surface area contributed by atoms with Crippen molar-refractivity contribution in [3.05, 3.63) is 23.2 Å². The number of quaternary nitrogens is 1. The van der Waals surface area contributed by atoms with Crippen molar-refractivity contribution in [1.29, 1.82) is 0 Å². The third-order valence-corrected chi connectivity index (χ3v) is 5.49. The zero-order valence-electron chi connectivity index (χ0n) is 14.8. The number of anilines is 1. The van der Waals surface area contributed by atoms with Crippen LogP contribution in [0.25, 0.3) is 0 Å². The molecule has 0 spiro atoms. The van der Waals surface area contributed by atoms with E-state index in [4.69, 9.17) is 21.1 Å². The molecule has 140 valence electrons. The molecule has 1 N–H and O–H groups in total. The second-order valence-electron chi connectivity index (χ2n) is 6.60. The summed E-state index contributed by atoms with van der Waals surface area (Å²) in [4.78, 5) is 39.2. The minimum absolute atomic E-state index is 0.118. The topological polar surface area (TPSA) is 77.3 Å². The lowest BCUT2D eigenvalue weighted by atomic mass is 9.95. The molecule has 7 nitrogen and oxygen atoms in total. The summed E-state index contributed by atoms with van der Waals surface area (Å²) in [6.45, 7) is 1.33. The summed E-state index contributed by atoms with van der Waals surface area (Å²) in [6.07, 6.45) is 1.49. The Hall–Kier alpha value is -2.12. The van der Waals surface area contributed by atoms with E-state index in [2.05, 4.69) is 0 Å². The van der Waals surface area contributed by atoms with Crippen LogP contribution in [0.15, 0.2) is 18.2 Å². The van der Waals surface area contributed by atoms with E-state index in [1.54, 1.807) is 18.2 Å². The Morgan fingerprint density at radius 2 is 1.92 bits per heavy atom. The largest absolute Gasteiger partial charge is 0.495 e. The van der Waals surface area contributed by atoms with Crippen LogP contribution in [0, 0.1) is 5.92 Å². The van der Waals surface area contributed by atoms with E-state index in [0.717, 1.165) is 4.90 Å². The summed E-state index contributed by atoms with van der Waals surface area (Å²) in [7, 11) is 2.89. The number of nitrogens with zero attached hydrogens (tertiary/aromatic N) is 1. The molecule has 26 heavy (non-hydrogen) atoms. The van der Waals surface area contributed by atoms with Crippen LogP contribution in [0.2, 0.25) is 5.02 Å². The van der Waals surface area contributed by atoms with Crippen molar-refractivity contribution < 1.29 is 28.8 Å². The minimum Gasteiger partial charge on any atom is -0.495 e. The number of esters is 1. The van der Waals surface area contributed by atoms with Gasteiger partial charge in [0.1, 0.15) is 5.75 Å². The summed E-state index contributed by atoms with van der Waals surface area (Å²) in [6, 6.07) is 4.45. The first-order valence-electron chi connectivity index (χ1n) is 8.59. The SMILES string of the molecule is COC(=O)C1CC[NH+]([C@H]2CC(=O)N(c3ccc(OC)c(Cl)c3)C2=O)CC1. The number of rotatable bonds is 4. The number of methoxy groups -OCH3 is 2. The maximum absolute atomic E-state index is 12.9. The zero-order valence-corrected chi connectivity index (χ0v) is 15.5. The highest BCUT2D eigenvalue weighted by molar-refractivity contribution is 6.32. The fraction of sp³-hybridized carbons (Fsp3) is 0.500. The first-order chi connectivity index (χ1) is 12.5. The third kappa shape index (κ3) is 3.41. The van der Waals surface area contributed by atoms with E-state index in [0.29, 0.717) is 42.4 Å². The molecule has 0 saturated carbocycles. The normalized spacial score (nSPS) is 26.1. The van der Waals surface area contributed by atoms with Crippen LogP contribution in [0.1, 0.15) is 19.3 Å². The van der Waals surface area contributed by atoms with Crippen molar-refractivity contribution in [1.82, 2.24) is 0 Å². The second-order valence-corrected chi connectivity index (χ2v) is 7.01. The molecular weight excluding hydrogens is 360 g/mol. The van der Waals surface area contributed by atoms with E-state index < -0.39 is 6.04 Å². The molecule has 2 aliphatic rings. The Kier molecular flexibility index (Phi) is 5.48. The molecule has 1 aromatic rings. The Bertz CT molecular complexity index is 730. The van der Waals surface area contributed by atoms with Gasteiger partial charge >= 0.3 is 5.97 Å². The third-order valence-electron chi connectivity index (χ3n) is 5.20. The number of carbonyl (C=O) groups excluding carboxylic acids is 3. The van der Waals surface area contributed by atoms with E-state index in [-0.39, 0.29) is 30.1 Å². The van der Waals surface area contributed by atoms with E-state index in [1.165, 1.54) is 19.1 Å². The standard InChI is InChI=1S/C18H21ClN2O5/c1-25-15-4-3-12(9-13(15)19)21-16(22)10-14(17(21)23)20-7-5-11(6-8-20)18(24)26-2/h3-4,9,11,14H,5-8,10H2,1-2H3/p+1/t14-/m0/s1. The van der Waals surface area contributed by atoms with Gasteiger partial charge in [0.15, 0.2) is 6.04 Å². The molecule has 0 aromatic heterocycles. The van der Waals surface area contributed by atoms with Gasteiger partial charge in [0.25, 0.3) is 5.91 Å². The molecule has 0 radical (unpaired) electrons. The molecule has 1 atom stereocenters. The molecule has 2 heterocycles. The molecule has 2 amide bonds. The smallest absolute Gasteiger partial charge is 0.309 e. The first kappa shape index (κ1) is 18.7. The summed E-state index contributed by atoms with van der Waals surface area (Å²) in [5.41, 5.74) is 0.456. The van der Waals surface area contributed by atoms with Crippen molar-refractivity contribution in [2.45, 2.75) is 25.3 Å². The highest BCUT2D eigenvalue weighted by atomic mass is 35.5. The number of hydrogen-bond acceptors (Lipinski definition) is 5. The molecule has 8 heteroatoms. The van der Waals surface area contributed by atoms with Gasteiger partial charge in [-0.1, -0.05) is 11.6 Å². The van der Waals surface area contributed by atoms with Crippen LogP contribution in [0.3, 0.4) is 0 Å². The molecule has 3 rings (SSSR count). The van der Waals surface area contributed by atoms with Crippen LogP contribution in [0.4, 0.5) is 5.69 Å². The van der Waals surface area contributed by atoms with Gasteiger partial charge in [-0.25, -0.2) is 4.90 Å². The maximum Gasteiger partial charge on any atom is 0.309 e. The highest BCUT2D eigenvalue weighted by Gasteiger charge is 2.47. The van der Waals surface area contributed by atoms with E-state index >= 15 is 0 Å². The average Bonchev–Trinajstić information content (AvgIpc) is 2.95. The van der Waals surface area contributed by atoms with Crippen LogP contribution >= 0.6 is 11.6 Å². The number of carbonyl (C=O) groups is 3. The highest BCUT2D eigenvalue weighted by Crippen LogP contribution is 2.31. The lowest BCUT2D eigenvalue weighted by Crippen LogP contribution is -3.17. The van der Waals surface area contributed by atoms with Gasteiger partial charge in [0.05, 0.1) is 50.4 Å². The molecule has 0 bridgehead atoms. The quantitative estimate of drug-likeness (QED) is 0.605. The van der Waals surface area contributed by atoms with Crippen molar-refractivity contribution in [3.63, 3.8) is 0 Å². The van der Waals surface area contributed by atoms with Gasteiger partial charge in [-0.2, -0.15) is 0 Å². The number of halogens is 1.